The molecule has 1 atom stereocenters. The van der Waals surface area contributed by atoms with Gasteiger partial charge in [0, 0.05) is 6.04 Å². The zero-order valence-electron chi connectivity index (χ0n) is 12.1. The van der Waals surface area contributed by atoms with Crippen LogP contribution in [-0.4, -0.2) is 26.9 Å². The number of hydrogen-bond acceptors (Lipinski definition) is 7. The second-order valence-electron chi connectivity index (χ2n) is 5.17. The maximum atomic E-state index is 13.1. The van der Waals surface area contributed by atoms with Gasteiger partial charge in [0.15, 0.2) is 5.16 Å². The van der Waals surface area contributed by atoms with E-state index >= 15 is 0 Å². The number of carbonyl (C=O) groups is 1. The molecule has 1 aromatic carbocycles. The van der Waals surface area contributed by atoms with Crippen LogP contribution in [0.3, 0.4) is 0 Å². The average Bonchev–Trinajstić information content (AvgIpc) is 3.29. The molecular weight excluding hydrogens is 319 g/mol. The van der Waals surface area contributed by atoms with Crippen molar-refractivity contribution in [1.29, 1.82) is 0 Å². The highest BCUT2D eigenvalue weighted by molar-refractivity contribution is 8.00. The largest absolute Gasteiger partial charge is 0.368 e. The highest BCUT2D eigenvalue weighted by atomic mass is 32.2. The SMILES string of the molecule is Nc1nc(N)nc(S[C@@H](C(=O)NC2CC2)c2ccc(F)cc2)n1. The Morgan fingerprint density at radius 1 is 1.17 bits per heavy atom. The van der Waals surface area contributed by atoms with Gasteiger partial charge in [0.1, 0.15) is 11.1 Å². The summed E-state index contributed by atoms with van der Waals surface area (Å²) in [4.78, 5) is 24.1. The number of rotatable bonds is 5. The van der Waals surface area contributed by atoms with Crippen LogP contribution in [0.2, 0.25) is 0 Å². The van der Waals surface area contributed by atoms with E-state index in [1.54, 1.807) is 12.1 Å². The topological polar surface area (TPSA) is 120 Å². The molecule has 0 saturated heterocycles. The van der Waals surface area contributed by atoms with Crippen molar-refractivity contribution in [2.24, 2.45) is 0 Å². The normalized spacial score (nSPS) is 15.2. The summed E-state index contributed by atoms with van der Waals surface area (Å²) in [6.45, 7) is 0. The number of nitrogen functional groups attached to an aromatic ring is 2. The predicted octanol–water partition coefficient (Wildman–Crippen LogP) is 1.29. The molecular formula is C14H15FN6OS. The lowest BCUT2D eigenvalue weighted by Crippen LogP contribution is -2.30. The van der Waals surface area contributed by atoms with E-state index in [0.717, 1.165) is 24.6 Å². The third kappa shape index (κ3) is 4.07. The summed E-state index contributed by atoms with van der Waals surface area (Å²) in [7, 11) is 0. The first-order chi connectivity index (χ1) is 11.0. The van der Waals surface area contributed by atoms with Gasteiger partial charge in [-0.25, -0.2) is 4.39 Å². The molecule has 0 radical (unpaired) electrons. The molecule has 0 unspecified atom stereocenters. The van der Waals surface area contributed by atoms with E-state index in [1.807, 2.05) is 0 Å². The number of amides is 1. The number of halogens is 1. The molecule has 1 saturated carbocycles. The highest BCUT2D eigenvalue weighted by Gasteiger charge is 2.30. The lowest BCUT2D eigenvalue weighted by Gasteiger charge is -2.16. The molecule has 23 heavy (non-hydrogen) atoms. The zero-order valence-corrected chi connectivity index (χ0v) is 12.9. The van der Waals surface area contributed by atoms with Gasteiger partial charge in [-0.05, 0) is 30.5 Å². The number of anilines is 2. The van der Waals surface area contributed by atoms with Crippen LogP contribution in [0.5, 0.6) is 0 Å². The average molecular weight is 334 g/mol. The van der Waals surface area contributed by atoms with E-state index in [1.165, 1.54) is 12.1 Å². The van der Waals surface area contributed by atoms with Crippen molar-refractivity contribution < 1.29 is 9.18 Å². The van der Waals surface area contributed by atoms with Gasteiger partial charge >= 0.3 is 0 Å². The first-order valence-electron chi connectivity index (χ1n) is 7.01. The Morgan fingerprint density at radius 3 is 2.35 bits per heavy atom. The van der Waals surface area contributed by atoms with Gasteiger partial charge in [0.2, 0.25) is 17.8 Å². The fourth-order valence-electron chi connectivity index (χ4n) is 1.96. The number of nitrogens with two attached hydrogens (primary N) is 2. The van der Waals surface area contributed by atoms with Gasteiger partial charge in [-0.3, -0.25) is 4.79 Å². The Balaban J connectivity index is 1.87. The first-order valence-corrected chi connectivity index (χ1v) is 7.89. The number of thioether (sulfide) groups is 1. The molecule has 7 nitrogen and oxygen atoms in total. The molecule has 5 N–H and O–H groups in total. The summed E-state index contributed by atoms with van der Waals surface area (Å²) in [6, 6.07) is 5.95. The van der Waals surface area contributed by atoms with Crippen LogP contribution in [0, 0.1) is 5.82 Å². The van der Waals surface area contributed by atoms with Gasteiger partial charge in [0.25, 0.3) is 0 Å². The van der Waals surface area contributed by atoms with Crippen LogP contribution in [0.25, 0.3) is 0 Å². The van der Waals surface area contributed by atoms with Crippen LogP contribution in [0.15, 0.2) is 29.4 Å². The molecule has 3 rings (SSSR count). The zero-order chi connectivity index (χ0) is 16.4. The van der Waals surface area contributed by atoms with E-state index in [2.05, 4.69) is 20.3 Å². The Morgan fingerprint density at radius 2 is 1.78 bits per heavy atom. The second-order valence-corrected chi connectivity index (χ2v) is 6.24. The predicted molar refractivity (Wildman–Crippen MR) is 84.8 cm³/mol. The fourth-order valence-corrected chi connectivity index (χ4v) is 2.93. The van der Waals surface area contributed by atoms with Crippen molar-refractivity contribution in [3.05, 3.63) is 35.6 Å². The van der Waals surface area contributed by atoms with Crippen LogP contribution in [0.4, 0.5) is 16.3 Å². The quantitative estimate of drug-likeness (QED) is 0.705. The molecule has 0 spiro atoms. The monoisotopic (exact) mass is 334 g/mol. The van der Waals surface area contributed by atoms with Crippen molar-refractivity contribution in [1.82, 2.24) is 20.3 Å². The van der Waals surface area contributed by atoms with Crippen LogP contribution in [-0.2, 0) is 4.79 Å². The maximum Gasteiger partial charge on any atom is 0.238 e. The third-order valence-electron chi connectivity index (χ3n) is 3.21. The lowest BCUT2D eigenvalue weighted by molar-refractivity contribution is -0.120. The molecule has 1 heterocycles. The minimum Gasteiger partial charge on any atom is -0.368 e. The summed E-state index contributed by atoms with van der Waals surface area (Å²) in [5.41, 5.74) is 11.8. The van der Waals surface area contributed by atoms with Crippen molar-refractivity contribution in [3.63, 3.8) is 0 Å². The van der Waals surface area contributed by atoms with Crippen LogP contribution >= 0.6 is 11.8 Å². The Hall–Kier alpha value is -2.42. The second kappa shape index (κ2) is 6.37. The van der Waals surface area contributed by atoms with E-state index in [0.29, 0.717) is 5.56 Å². The summed E-state index contributed by atoms with van der Waals surface area (Å²) in [5, 5.41) is 2.55. The fraction of sp³-hybridized carbons (Fsp3) is 0.286. The molecule has 0 bridgehead atoms. The van der Waals surface area contributed by atoms with E-state index < -0.39 is 5.25 Å². The summed E-state index contributed by atoms with van der Waals surface area (Å²) in [5.74, 6) is -0.573. The van der Waals surface area contributed by atoms with Crippen LogP contribution in [0.1, 0.15) is 23.7 Å². The Kier molecular flexibility index (Phi) is 4.28. The molecule has 1 amide bonds. The van der Waals surface area contributed by atoms with Gasteiger partial charge in [-0.15, -0.1) is 0 Å². The Bertz CT molecular complexity index is 701. The number of hydrogen-bond donors (Lipinski definition) is 3. The molecule has 2 aromatic rings. The van der Waals surface area contributed by atoms with Crippen LogP contribution < -0.4 is 16.8 Å². The molecule has 1 aliphatic rings. The van der Waals surface area contributed by atoms with Gasteiger partial charge in [-0.1, -0.05) is 23.9 Å². The molecule has 120 valence electrons. The minimum atomic E-state index is -0.627. The Labute approximate surface area is 136 Å². The summed E-state index contributed by atoms with van der Waals surface area (Å²) < 4.78 is 13.1. The standard InChI is InChI=1S/C14H15FN6OS/c15-8-3-1-7(2-4-8)10(11(22)18-9-5-6-9)23-14-20-12(16)19-13(17)21-14/h1-4,9-10H,5-6H2,(H,18,22)(H4,16,17,19,20,21)/t10-/m1/s1. The molecule has 1 aromatic heterocycles. The number of benzene rings is 1. The van der Waals surface area contributed by atoms with Crippen molar-refractivity contribution in [2.75, 3.05) is 11.5 Å². The molecule has 0 aliphatic heterocycles. The van der Waals surface area contributed by atoms with E-state index in [-0.39, 0.29) is 34.8 Å². The van der Waals surface area contributed by atoms with Gasteiger partial charge in [-0.2, -0.15) is 15.0 Å². The number of aromatic nitrogens is 3. The summed E-state index contributed by atoms with van der Waals surface area (Å²) >= 11 is 1.10. The molecule has 9 heteroatoms. The molecule has 1 aliphatic carbocycles. The number of nitrogens with zero attached hydrogens (tertiary/aromatic N) is 3. The number of nitrogens with one attached hydrogen (secondary N) is 1. The van der Waals surface area contributed by atoms with Crippen molar-refractivity contribution in [3.8, 4) is 0 Å². The lowest BCUT2D eigenvalue weighted by atomic mass is 10.1. The van der Waals surface area contributed by atoms with Crippen molar-refractivity contribution in [2.45, 2.75) is 29.3 Å². The first kappa shape index (κ1) is 15.5. The highest BCUT2D eigenvalue weighted by Crippen LogP contribution is 2.35. The van der Waals surface area contributed by atoms with E-state index in [4.69, 9.17) is 11.5 Å². The van der Waals surface area contributed by atoms with Gasteiger partial charge < -0.3 is 16.8 Å². The van der Waals surface area contributed by atoms with E-state index in [9.17, 15) is 9.18 Å². The molecule has 1 fully saturated rings. The van der Waals surface area contributed by atoms with Crippen molar-refractivity contribution >= 4 is 29.6 Å². The van der Waals surface area contributed by atoms with Gasteiger partial charge in [0.05, 0.1) is 0 Å². The minimum absolute atomic E-state index is 0.0135. The maximum absolute atomic E-state index is 13.1. The number of carbonyl (C=O) groups excluding carboxylic acids is 1. The third-order valence-corrected chi connectivity index (χ3v) is 4.32. The smallest absolute Gasteiger partial charge is 0.238 e. The summed E-state index contributed by atoms with van der Waals surface area (Å²) in [6.07, 6.45) is 1.94.